The molecule has 1 heterocycles. The fourth-order valence-corrected chi connectivity index (χ4v) is 4.00. The molecule has 0 aromatic carbocycles. The zero-order valence-corrected chi connectivity index (χ0v) is 12.5. The zero-order chi connectivity index (χ0) is 13.1. The minimum Gasteiger partial charge on any atom is -0.330 e. The van der Waals surface area contributed by atoms with Crippen molar-refractivity contribution in [3.8, 4) is 0 Å². The van der Waals surface area contributed by atoms with Crippen LogP contribution in [0.1, 0.15) is 24.7 Å². The molecule has 0 unspecified atom stereocenters. The summed E-state index contributed by atoms with van der Waals surface area (Å²) in [5, 5.41) is 4.27. The average Bonchev–Trinajstić information content (AvgIpc) is 2.53. The topological polar surface area (TPSA) is 78.0 Å². The van der Waals surface area contributed by atoms with Gasteiger partial charge in [0, 0.05) is 7.05 Å². The van der Waals surface area contributed by atoms with E-state index < -0.39 is 9.84 Å². The lowest BCUT2D eigenvalue weighted by molar-refractivity contribution is 0.589. The van der Waals surface area contributed by atoms with Crippen molar-refractivity contribution in [2.24, 2.45) is 12.8 Å². The quantitative estimate of drug-likeness (QED) is 0.847. The van der Waals surface area contributed by atoms with Gasteiger partial charge < -0.3 is 5.73 Å². The van der Waals surface area contributed by atoms with Crippen molar-refractivity contribution in [3.05, 3.63) is 15.9 Å². The molecule has 0 fully saturated rings. The second-order valence-electron chi connectivity index (χ2n) is 3.92. The van der Waals surface area contributed by atoms with E-state index in [0.717, 1.165) is 16.6 Å². The fourth-order valence-electron chi connectivity index (χ4n) is 1.56. The van der Waals surface area contributed by atoms with Crippen LogP contribution in [-0.4, -0.2) is 30.5 Å². The summed E-state index contributed by atoms with van der Waals surface area (Å²) in [4.78, 5) is 0. The summed E-state index contributed by atoms with van der Waals surface area (Å²) in [6.45, 7) is 2.38. The second kappa shape index (κ2) is 5.97. The van der Waals surface area contributed by atoms with Gasteiger partial charge in [0.1, 0.15) is 0 Å². The maximum atomic E-state index is 11.8. The number of nitrogens with zero attached hydrogens (tertiary/aromatic N) is 2. The molecule has 7 heteroatoms. The lowest BCUT2D eigenvalue weighted by Gasteiger charge is -2.04. The van der Waals surface area contributed by atoms with E-state index in [4.69, 9.17) is 5.73 Å². The Morgan fingerprint density at radius 3 is 2.59 bits per heavy atom. The third kappa shape index (κ3) is 3.79. The molecule has 1 rings (SSSR count). The number of nitrogens with two attached hydrogens (primary N) is 1. The summed E-state index contributed by atoms with van der Waals surface area (Å²) in [6.07, 6.45) is 1.27. The Morgan fingerprint density at radius 1 is 1.47 bits per heavy atom. The number of sulfone groups is 1. The van der Waals surface area contributed by atoms with Crippen molar-refractivity contribution in [1.82, 2.24) is 9.78 Å². The van der Waals surface area contributed by atoms with Gasteiger partial charge in [-0.1, -0.05) is 6.92 Å². The van der Waals surface area contributed by atoms with Gasteiger partial charge >= 0.3 is 0 Å². The second-order valence-corrected chi connectivity index (χ2v) is 6.90. The molecule has 0 saturated heterocycles. The highest BCUT2D eigenvalue weighted by Crippen LogP contribution is 2.23. The van der Waals surface area contributed by atoms with Crippen molar-refractivity contribution < 1.29 is 8.42 Å². The van der Waals surface area contributed by atoms with E-state index in [-0.39, 0.29) is 11.5 Å². The zero-order valence-electron chi connectivity index (χ0n) is 10.1. The Bertz CT molecular complexity index is 482. The van der Waals surface area contributed by atoms with Gasteiger partial charge in [-0.05, 0) is 35.3 Å². The van der Waals surface area contributed by atoms with Crippen LogP contribution >= 0.6 is 15.9 Å². The summed E-state index contributed by atoms with van der Waals surface area (Å²) in [7, 11) is -1.35. The average molecular weight is 324 g/mol. The molecule has 2 N–H and O–H groups in total. The molecule has 1 aromatic heterocycles. The molecule has 0 aliphatic heterocycles. The highest BCUT2D eigenvalue weighted by atomic mass is 79.9. The maximum Gasteiger partial charge on any atom is 0.156 e. The van der Waals surface area contributed by atoms with Gasteiger partial charge in [0.15, 0.2) is 9.84 Å². The highest BCUT2D eigenvalue weighted by molar-refractivity contribution is 9.10. The van der Waals surface area contributed by atoms with Gasteiger partial charge in [-0.25, -0.2) is 8.42 Å². The molecule has 98 valence electrons. The Kier molecular flexibility index (Phi) is 5.15. The van der Waals surface area contributed by atoms with Crippen LogP contribution in [0.4, 0.5) is 0 Å². The van der Waals surface area contributed by atoms with E-state index in [1.165, 1.54) is 0 Å². The number of hydrogen-bond acceptors (Lipinski definition) is 4. The third-order valence-electron chi connectivity index (χ3n) is 2.52. The van der Waals surface area contributed by atoms with Gasteiger partial charge in [-0.2, -0.15) is 5.10 Å². The molecule has 17 heavy (non-hydrogen) atoms. The van der Waals surface area contributed by atoms with Gasteiger partial charge in [-0.15, -0.1) is 0 Å². The Morgan fingerprint density at radius 2 is 2.12 bits per heavy atom. The van der Waals surface area contributed by atoms with Crippen LogP contribution in [0.25, 0.3) is 0 Å². The lowest BCUT2D eigenvalue weighted by Crippen LogP contribution is -2.15. The van der Waals surface area contributed by atoms with E-state index in [9.17, 15) is 8.42 Å². The van der Waals surface area contributed by atoms with Crippen LogP contribution in [0.5, 0.6) is 0 Å². The molecule has 0 amide bonds. The standard InChI is InChI=1S/C10H18BrN3O2S/c1-3-8-10(11)9(14(2)13-8)7-17(15,16)6-4-5-12/h3-7,12H2,1-2H3. The normalized spacial score (nSPS) is 12.0. The molecule has 1 aromatic rings. The summed E-state index contributed by atoms with van der Waals surface area (Å²) < 4.78 is 26.1. The van der Waals surface area contributed by atoms with Crippen LogP contribution in [0.3, 0.4) is 0 Å². The number of halogens is 1. The maximum absolute atomic E-state index is 11.8. The lowest BCUT2D eigenvalue weighted by atomic mass is 10.3. The van der Waals surface area contributed by atoms with Crippen molar-refractivity contribution in [3.63, 3.8) is 0 Å². The molecule has 5 nitrogen and oxygen atoms in total. The summed E-state index contributed by atoms with van der Waals surface area (Å²) in [5.41, 5.74) is 6.92. The van der Waals surface area contributed by atoms with Gasteiger partial charge in [0.05, 0.1) is 27.4 Å². The van der Waals surface area contributed by atoms with Crippen molar-refractivity contribution >= 4 is 25.8 Å². The van der Waals surface area contributed by atoms with Crippen molar-refractivity contribution in [1.29, 1.82) is 0 Å². The monoisotopic (exact) mass is 323 g/mol. The smallest absolute Gasteiger partial charge is 0.156 e. The highest BCUT2D eigenvalue weighted by Gasteiger charge is 2.19. The minimum atomic E-state index is -3.11. The fraction of sp³-hybridized carbons (Fsp3) is 0.700. The van der Waals surface area contributed by atoms with Crippen molar-refractivity contribution in [2.75, 3.05) is 12.3 Å². The summed E-state index contributed by atoms with van der Waals surface area (Å²) in [5.74, 6) is 0.139. The van der Waals surface area contributed by atoms with Crippen LogP contribution in [0.2, 0.25) is 0 Å². The number of aryl methyl sites for hydroxylation is 2. The van der Waals surface area contributed by atoms with Gasteiger partial charge in [0.2, 0.25) is 0 Å². The van der Waals surface area contributed by atoms with Crippen LogP contribution in [0, 0.1) is 0 Å². The first-order chi connectivity index (χ1) is 7.91. The predicted octanol–water partition coefficient (Wildman–Crippen LogP) is 1.01. The predicted molar refractivity (Wildman–Crippen MR) is 71.4 cm³/mol. The van der Waals surface area contributed by atoms with Gasteiger partial charge in [0.25, 0.3) is 0 Å². The Hall–Kier alpha value is -0.400. The molecule has 0 aliphatic rings. The molecule has 0 aliphatic carbocycles. The number of hydrogen-bond donors (Lipinski definition) is 1. The molecule has 0 spiro atoms. The first-order valence-corrected chi connectivity index (χ1v) is 8.13. The number of aromatic nitrogens is 2. The first-order valence-electron chi connectivity index (χ1n) is 5.52. The molecule has 0 radical (unpaired) electrons. The van der Waals surface area contributed by atoms with Crippen molar-refractivity contribution in [2.45, 2.75) is 25.5 Å². The molecule has 0 atom stereocenters. The first kappa shape index (κ1) is 14.7. The minimum absolute atomic E-state index is 0.0110. The van der Waals surface area contributed by atoms with E-state index in [2.05, 4.69) is 21.0 Å². The third-order valence-corrected chi connectivity index (χ3v) is 5.06. The summed E-state index contributed by atoms with van der Waals surface area (Å²) >= 11 is 3.41. The van der Waals surface area contributed by atoms with Crippen LogP contribution < -0.4 is 5.73 Å². The largest absolute Gasteiger partial charge is 0.330 e. The molecular weight excluding hydrogens is 306 g/mol. The van der Waals surface area contributed by atoms with E-state index in [1.807, 2.05) is 6.92 Å². The van der Waals surface area contributed by atoms with Crippen LogP contribution in [-0.2, 0) is 29.1 Å². The van der Waals surface area contributed by atoms with Crippen LogP contribution in [0.15, 0.2) is 4.47 Å². The van der Waals surface area contributed by atoms with Gasteiger partial charge in [-0.3, -0.25) is 4.68 Å². The Balaban J connectivity index is 2.92. The van der Waals surface area contributed by atoms with E-state index in [1.54, 1.807) is 11.7 Å². The molecular formula is C10H18BrN3O2S. The molecule has 0 saturated carbocycles. The Labute approximate surface area is 110 Å². The summed E-state index contributed by atoms with van der Waals surface area (Å²) in [6, 6.07) is 0. The van der Waals surface area contributed by atoms with E-state index in [0.29, 0.717) is 18.7 Å². The number of rotatable bonds is 6. The molecule has 0 bridgehead atoms. The van der Waals surface area contributed by atoms with E-state index >= 15 is 0 Å². The SMILES string of the molecule is CCc1nn(C)c(CS(=O)(=O)CCCN)c1Br.